The Kier molecular flexibility index (Phi) is 4.57. The van der Waals surface area contributed by atoms with Crippen molar-refractivity contribution in [2.75, 3.05) is 5.32 Å². The molecule has 1 N–H and O–H groups in total. The van der Waals surface area contributed by atoms with Crippen LogP contribution in [0.3, 0.4) is 0 Å². The lowest BCUT2D eigenvalue weighted by atomic mass is 10.1. The van der Waals surface area contributed by atoms with Crippen molar-refractivity contribution in [1.29, 1.82) is 0 Å². The molecule has 0 spiro atoms. The Bertz CT molecular complexity index is 873. The molecule has 122 valence electrons. The molecule has 0 saturated heterocycles. The summed E-state index contributed by atoms with van der Waals surface area (Å²) in [5.74, 6) is 0.240. The number of rotatable bonds is 4. The summed E-state index contributed by atoms with van der Waals surface area (Å²) in [5, 5.41) is 15.6. The first-order valence-electron chi connectivity index (χ1n) is 7.42. The van der Waals surface area contributed by atoms with Crippen molar-refractivity contribution in [1.82, 2.24) is 20.2 Å². The van der Waals surface area contributed by atoms with E-state index in [1.807, 2.05) is 32.0 Å². The highest BCUT2D eigenvalue weighted by Crippen LogP contribution is 2.17. The molecule has 0 fully saturated rings. The van der Waals surface area contributed by atoms with Crippen LogP contribution in [0.5, 0.6) is 0 Å². The Balaban J connectivity index is 1.66. The van der Waals surface area contributed by atoms with E-state index in [9.17, 15) is 4.79 Å². The van der Waals surface area contributed by atoms with Gasteiger partial charge in [0.05, 0.1) is 0 Å². The molecule has 0 aliphatic rings. The number of nitrogens with zero attached hydrogens (tertiary/aromatic N) is 4. The third-order valence-corrected chi connectivity index (χ3v) is 3.88. The van der Waals surface area contributed by atoms with Crippen LogP contribution in [0.4, 0.5) is 5.69 Å². The molecule has 0 unspecified atom stereocenters. The van der Waals surface area contributed by atoms with Gasteiger partial charge in [-0.3, -0.25) is 4.79 Å². The minimum atomic E-state index is -0.210. The molecule has 0 aliphatic carbocycles. The average Bonchev–Trinajstić information content (AvgIpc) is 3.00. The van der Waals surface area contributed by atoms with Crippen LogP contribution in [0, 0.1) is 13.8 Å². The monoisotopic (exact) mass is 341 g/mol. The highest BCUT2D eigenvalue weighted by atomic mass is 35.5. The number of tetrazole rings is 1. The van der Waals surface area contributed by atoms with E-state index in [0.29, 0.717) is 10.8 Å². The average molecular weight is 342 g/mol. The van der Waals surface area contributed by atoms with Crippen LogP contribution in [-0.2, 0) is 11.3 Å². The van der Waals surface area contributed by atoms with Crippen molar-refractivity contribution < 1.29 is 4.79 Å². The minimum absolute atomic E-state index is 0.00643. The van der Waals surface area contributed by atoms with Crippen LogP contribution >= 0.6 is 11.6 Å². The first-order chi connectivity index (χ1) is 11.5. The fourth-order valence-electron chi connectivity index (χ4n) is 2.17. The first kappa shape index (κ1) is 16.1. The van der Waals surface area contributed by atoms with Crippen LogP contribution < -0.4 is 5.32 Å². The van der Waals surface area contributed by atoms with E-state index in [0.717, 1.165) is 16.8 Å². The van der Waals surface area contributed by atoms with E-state index in [-0.39, 0.29) is 12.5 Å². The second-order valence-corrected chi connectivity index (χ2v) is 5.93. The van der Waals surface area contributed by atoms with Gasteiger partial charge in [0, 0.05) is 16.3 Å². The fraction of sp³-hybridized carbons (Fsp3) is 0.176. The normalized spacial score (nSPS) is 10.6. The Morgan fingerprint density at radius 3 is 2.58 bits per heavy atom. The molecule has 3 aromatic rings. The molecule has 1 heterocycles. The minimum Gasteiger partial charge on any atom is -0.324 e. The van der Waals surface area contributed by atoms with Gasteiger partial charge in [0.25, 0.3) is 0 Å². The maximum absolute atomic E-state index is 12.1. The largest absolute Gasteiger partial charge is 0.324 e. The number of aromatic nitrogens is 4. The predicted molar refractivity (Wildman–Crippen MR) is 92.8 cm³/mol. The zero-order chi connectivity index (χ0) is 17.1. The van der Waals surface area contributed by atoms with Crippen molar-refractivity contribution in [2.24, 2.45) is 0 Å². The summed E-state index contributed by atoms with van der Waals surface area (Å²) in [6.45, 7) is 4.02. The lowest BCUT2D eigenvalue weighted by molar-refractivity contribution is -0.117. The second-order valence-electron chi connectivity index (χ2n) is 5.50. The number of anilines is 1. The molecule has 1 aromatic heterocycles. The van der Waals surface area contributed by atoms with E-state index in [1.165, 1.54) is 10.4 Å². The Morgan fingerprint density at radius 2 is 1.88 bits per heavy atom. The van der Waals surface area contributed by atoms with Crippen molar-refractivity contribution >= 4 is 23.2 Å². The smallest absolute Gasteiger partial charge is 0.248 e. The molecule has 0 bridgehead atoms. The third-order valence-electron chi connectivity index (χ3n) is 3.63. The molecule has 0 aliphatic heterocycles. The molecule has 7 heteroatoms. The summed E-state index contributed by atoms with van der Waals surface area (Å²) in [6.07, 6.45) is 0. The van der Waals surface area contributed by atoms with Gasteiger partial charge in [-0.15, -0.1) is 10.2 Å². The number of carbonyl (C=O) groups is 1. The van der Waals surface area contributed by atoms with Gasteiger partial charge in [0.15, 0.2) is 0 Å². The molecule has 3 rings (SSSR count). The molecular formula is C17H16ClN5O. The van der Waals surface area contributed by atoms with Crippen LogP contribution in [0.15, 0.2) is 42.5 Å². The van der Waals surface area contributed by atoms with Crippen LogP contribution in [0.25, 0.3) is 11.4 Å². The van der Waals surface area contributed by atoms with Gasteiger partial charge in [-0.05, 0) is 66.6 Å². The van der Waals surface area contributed by atoms with Gasteiger partial charge in [-0.25, -0.2) is 0 Å². The molecule has 6 nitrogen and oxygen atoms in total. The molecule has 0 saturated carbocycles. The van der Waals surface area contributed by atoms with Crippen LogP contribution in [0.1, 0.15) is 11.1 Å². The van der Waals surface area contributed by atoms with Gasteiger partial charge >= 0.3 is 0 Å². The van der Waals surface area contributed by atoms with E-state index >= 15 is 0 Å². The number of carbonyl (C=O) groups excluding carboxylic acids is 1. The van der Waals surface area contributed by atoms with E-state index < -0.39 is 0 Å². The first-order valence-corrected chi connectivity index (χ1v) is 7.80. The van der Waals surface area contributed by atoms with Gasteiger partial charge < -0.3 is 5.32 Å². The number of hydrogen-bond acceptors (Lipinski definition) is 4. The Hall–Kier alpha value is -2.73. The fourth-order valence-corrected chi connectivity index (χ4v) is 2.30. The predicted octanol–water partition coefficient (Wildman–Crippen LogP) is 3.25. The molecular weight excluding hydrogens is 326 g/mol. The highest BCUT2D eigenvalue weighted by Gasteiger charge is 2.10. The molecule has 2 aromatic carbocycles. The lowest BCUT2D eigenvalue weighted by Crippen LogP contribution is -2.20. The number of aryl methyl sites for hydroxylation is 2. The van der Waals surface area contributed by atoms with Crippen LogP contribution in [0.2, 0.25) is 5.02 Å². The molecule has 1 amide bonds. The SMILES string of the molecule is Cc1ccc(NC(=O)Cn2nnc(-c3ccc(Cl)cc3)n2)cc1C. The molecule has 0 atom stereocenters. The van der Waals surface area contributed by atoms with Crippen molar-refractivity contribution in [2.45, 2.75) is 20.4 Å². The summed E-state index contributed by atoms with van der Waals surface area (Å²) < 4.78 is 0. The van der Waals surface area contributed by atoms with Gasteiger partial charge in [0.2, 0.25) is 11.7 Å². The zero-order valence-electron chi connectivity index (χ0n) is 13.3. The number of hydrogen-bond donors (Lipinski definition) is 1. The molecule has 0 radical (unpaired) electrons. The van der Waals surface area contributed by atoms with Crippen molar-refractivity contribution in [3.05, 3.63) is 58.6 Å². The summed E-state index contributed by atoms with van der Waals surface area (Å²) >= 11 is 5.86. The van der Waals surface area contributed by atoms with Gasteiger partial charge in [-0.1, -0.05) is 17.7 Å². The molecule has 24 heavy (non-hydrogen) atoms. The summed E-state index contributed by atoms with van der Waals surface area (Å²) in [6, 6.07) is 12.9. The Labute approximate surface area is 144 Å². The number of halogens is 1. The third kappa shape index (κ3) is 3.78. The zero-order valence-corrected chi connectivity index (χ0v) is 14.1. The second kappa shape index (κ2) is 6.80. The number of nitrogens with one attached hydrogen (secondary N) is 1. The summed E-state index contributed by atoms with van der Waals surface area (Å²) in [7, 11) is 0. The van der Waals surface area contributed by atoms with Gasteiger partial charge in [-0.2, -0.15) is 4.80 Å². The lowest BCUT2D eigenvalue weighted by Gasteiger charge is -2.07. The maximum atomic E-state index is 12.1. The standard InChI is InChI=1S/C17H16ClN5O/c1-11-3-8-15(9-12(11)2)19-16(24)10-23-21-17(20-22-23)13-4-6-14(18)7-5-13/h3-9H,10H2,1-2H3,(H,19,24). The highest BCUT2D eigenvalue weighted by molar-refractivity contribution is 6.30. The summed E-state index contributed by atoms with van der Waals surface area (Å²) in [4.78, 5) is 13.4. The van der Waals surface area contributed by atoms with E-state index in [2.05, 4.69) is 20.7 Å². The van der Waals surface area contributed by atoms with Gasteiger partial charge in [0.1, 0.15) is 6.54 Å². The summed E-state index contributed by atoms with van der Waals surface area (Å²) in [5.41, 5.74) is 3.84. The van der Waals surface area contributed by atoms with Crippen LogP contribution in [-0.4, -0.2) is 26.1 Å². The van der Waals surface area contributed by atoms with E-state index in [1.54, 1.807) is 24.3 Å². The quantitative estimate of drug-likeness (QED) is 0.790. The van der Waals surface area contributed by atoms with E-state index in [4.69, 9.17) is 11.6 Å². The van der Waals surface area contributed by atoms with Crippen molar-refractivity contribution in [3.8, 4) is 11.4 Å². The maximum Gasteiger partial charge on any atom is 0.248 e. The topological polar surface area (TPSA) is 72.7 Å². The number of benzene rings is 2. The Morgan fingerprint density at radius 1 is 1.12 bits per heavy atom. The number of amides is 1. The van der Waals surface area contributed by atoms with Crippen molar-refractivity contribution in [3.63, 3.8) is 0 Å².